The second-order valence-corrected chi connectivity index (χ2v) is 5.38. The monoisotopic (exact) mass is 266 g/mol. The molecule has 3 rings (SSSR count). The molecule has 3 heterocycles. The van der Waals surface area contributed by atoms with Gasteiger partial charge in [-0.1, -0.05) is 5.16 Å². The van der Waals surface area contributed by atoms with Crippen LogP contribution >= 0.6 is 11.8 Å². The molecule has 96 valence electrons. The number of hydrogen-bond acceptors (Lipinski definition) is 7. The standard InChI is InChI=1S/C10H14N6OS/c1-16-2-3-18-5-7(16)9-13-10(17-15-9)6-4-12-14-8(6)11/h4,7H,2-3,5H2,1H3,(H3,11,12,14). The van der Waals surface area contributed by atoms with Crippen molar-refractivity contribution in [1.82, 2.24) is 25.2 Å². The summed E-state index contributed by atoms with van der Waals surface area (Å²) < 4.78 is 5.25. The van der Waals surface area contributed by atoms with Crippen LogP contribution in [0.4, 0.5) is 5.82 Å². The zero-order valence-corrected chi connectivity index (χ0v) is 10.8. The van der Waals surface area contributed by atoms with Crippen molar-refractivity contribution < 1.29 is 4.52 Å². The highest BCUT2D eigenvalue weighted by Crippen LogP contribution is 2.28. The summed E-state index contributed by atoms with van der Waals surface area (Å²) in [7, 11) is 2.08. The maximum absolute atomic E-state index is 5.73. The van der Waals surface area contributed by atoms with Crippen LogP contribution in [0.5, 0.6) is 0 Å². The number of rotatable bonds is 2. The minimum atomic E-state index is 0.203. The van der Waals surface area contributed by atoms with Crippen LogP contribution in [-0.2, 0) is 0 Å². The summed E-state index contributed by atoms with van der Waals surface area (Å²) in [6, 6.07) is 0.203. The van der Waals surface area contributed by atoms with Crippen molar-refractivity contribution in [3.63, 3.8) is 0 Å². The third-order valence-electron chi connectivity index (χ3n) is 3.04. The number of H-pyrrole nitrogens is 1. The maximum Gasteiger partial charge on any atom is 0.263 e. The average Bonchev–Trinajstić information content (AvgIpc) is 2.98. The highest BCUT2D eigenvalue weighted by atomic mass is 32.2. The Kier molecular flexibility index (Phi) is 2.96. The molecule has 18 heavy (non-hydrogen) atoms. The molecule has 1 atom stereocenters. The van der Waals surface area contributed by atoms with Gasteiger partial charge in [0.15, 0.2) is 5.82 Å². The lowest BCUT2D eigenvalue weighted by Gasteiger charge is -2.29. The molecule has 0 bridgehead atoms. The molecule has 8 heteroatoms. The van der Waals surface area contributed by atoms with E-state index in [1.165, 1.54) is 0 Å². The van der Waals surface area contributed by atoms with Gasteiger partial charge in [0.1, 0.15) is 11.4 Å². The molecule has 0 saturated carbocycles. The summed E-state index contributed by atoms with van der Waals surface area (Å²) >= 11 is 1.90. The fourth-order valence-electron chi connectivity index (χ4n) is 1.90. The molecule has 2 aromatic heterocycles. The average molecular weight is 266 g/mol. The number of thioether (sulfide) groups is 1. The van der Waals surface area contributed by atoms with Gasteiger partial charge in [-0.25, -0.2) is 0 Å². The van der Waals surface area contributed by atoms with Gasteiger partial charge in [-0.15, -0.1) is 0 Å². The zero-order valence-electron chi connectivity index (χ0n) is 9.96. The molecule has 3 N–H and O–H groups in total. The summed E-state index contributed by atoms with van der Waals surface area (Å²) in [6.07, 6.45) is 1.59. The number of hydrogen-bond donors (Lipinski definition) is 2. The van der Waals surface area contributed by atoms with Gasteiger partial charge in [-0.3, -0.25) is 10.00 Å². The van der Waals surface area contributed by atoms with Crippen LogP contribution in [0.15, 0.2) is 10.7 Å². The lowest BCUT2D eigenvalue weighted by atomic mass is 10.2. The van der Waals surface area contributed by atoms with Crippen molar-refractivity contribution >= 4 is 17.6 Å². The first-order chi connectivity index (χ1) is 8.75. The fourth-order valence-corrected chi connectivity index (χ4v) is 3.11. The quantitative estimate of drug-likeness (QED) is 0.828. The SMILES string of the molecule is CN1CCSCC1c1noc(-c2cn[nH]c2N)n1. The van der Waals surface area contributed by atoms with E-state index >= 15 is 0 Å². The molecule has 0 radical (unpaired) electrons. The second-order valence-electron chi connectivity index (χ2n) is 4.23. The molecule has 0 aromatic carbocycles. The Morgan fingerprint density at radius 2 is 2.50 bits per heavy atom. The van der Waals surface area contributed by atoms with Gasteiger partial charge >= 0.3 is 0 Å². The molecule has 1 unspecified atom stereocenters. The first kappa shape index (κ1) is 11.5. The Morgan fingerprint density at radius 3 is 3.22 bits per heavy atom. The number of nitrogens with two attached hydrogens (primary N) is 1. The maximum atomic E-state index is 5.73. The first-order valence-electron chi connectivity index (χ1n) is 5.66. The van der Waals surface area contributed by atoms with E-state index in [2.05, 4.69) is 32.3 Å². The largest absolute Gasteiger partial charge is 0.383 e. The number of anilines is 1. The van der Waals surface area contributed by atoms with Crippen LogP contribution in [0.1, 0.15) is 11.9 Å². The molecule has 1 saturated heterocycles. The van der Waals surface area contributed by atoms with Crippen molar-refractivity contribution in [3.8, 4) is 11.5 Å². The Balaban J connectivity index is 1.87. The number of nitrogens with one attached hydrogen (secondary N) is 1. The second kappa shape index (κ2) is 4.62. The third kappa shape index (κ3) is 1.97. The Bertz CT molecular complexity index is 538. The smallest absolute Gasteiger partial charge is 0.263 e. The highest BCUT2D eigenvalue weighted by molar-refractivity contribution is 7.99. The van der Waals surface area contributed by atoms with Crippen molar-refractivity contribution in [2.75, 3.05) is 30.8 Å². The van der Waals surface area contributed by atoms with Crippen molar-refractivity contribution in [2.45, 2.75) is 6.04 Å². The van der Waals surface area contributed by atoms with Crippen molar-refractivity contribution in [3.05, 3.63) is 12.0 Å². The van der Waals surface area contributed by atoms with Gasteiger partial charge in [-0.05, 0) is 7.05 Å². The summed E-state index contributed by atoms with van der Waals surface area (Å²) in [6.45, 7) is 1.03. The van der Waals surface area contributed by atoms with Gasteiger partial charge < -0.3 is 10.3 Å². The van der Waals surface area contributed by atoms with E-state index in [-0.39, 0.29) is 6.04 Å². The Hall–Kier alpha value is -1.54. The topological polar surface area (TPSA) is 96.9 Å². The molecule has 1 aliphatic rings. The number of nitrogens with zero attached hydrogens (tertiary/aromatic N) is 4. The highest BCUT2D eigenvalue weighted by Gasteiger charge is 2.26. The van der Waals surface area contributed by atoms with E-state index in [0.29, 0.717) is 23.1 Å². The lowest BCUT2D eigenvalue weighted by Crippen LogP contribution is -2.33. The Labute approximate surface area is 108 Å². The molecule has 1 fully saturated rings. The molecular formula is C10H14N6OS. The molecule has 2 aromatic rings. The molecule has 0 aliphatic carbocycles. The number of aromatic nitrogens is 4. The lowest BCUT2D eigenvalue weighted by molar-refractivity contribution is 0.257. The van der Waals surface area contributed by atoms with Crippen LogP contribution < -0.4 is 5.73 Å². The van der Waals surface area contributed by atoms with E-state index in [9.17, 15) is 0 Å². The van der Waals surface area contributed by atoms with Crippen LogP contribution in [-0.4, -0.2) is 50.3 Å². The molecule has 0 spiro atoms. The van der Waals surface area contributed by atoms with Gasteiger partial charge in [0.05, 0.1) is 12.2 Å². The van der Waals surface area contributed by atoms with Crippen LogP contribution in [0.3, 0.4) is 0 Å². The zero-order chi connectivity index (χ0) is 12.5. The summed E-state index contributed by atoms with van der Waals surface area (Å²) in [5.74, 6) is 3.69. The molecule has 7 nitrogen and oxygen atoms in total. The van der Waals surface area contributed by atoms with Crippen LogP contribution in [0.2, 0.25) is 0 Å². The van der Waals surface area contributed by atoms with Gasteiger partial charge in [0.25, 0.3) is 5.89 Å². The van der Waals surface area contributed by atoms with Gasteiger partial charge in [0, 0.05) is 18.1 Å². The predicted octanol–water partition coefficient (Wildman–Crippen LogP) is 0.762. The molecular weight excluding hydrogens is 252 g/mol. The number of nitrogen functional groups attached to an aromatic ring is 1. The van der Waals surface area contributed by atoms with Crippen molar-refractivity contribution in [2.24, 2.45) is 0 Å². The summed E-state index contributed by atoms with van der Waals surface area (Å²) in [5.41, 5.74) is 6.38. The van der Waals surface area contributed by atoms with E-state index < -0.39 is 0 Å². The number of aromatic amines is 1. The minimum Gasteiger partial charge on any atom is -0.383 e. The first-order valence-corrected chi connectivity index (χ1v) is 6.82. The summed E-state index contributed by atoms with van der Waals surface area (Å²) in [5, 5.41) is 10.5. The fraction of sp³-hybridized carbons (Fsp3) is 0.500. The third-order valence-corrected chi connectivity index (χ3v) is 4.06. The molecule has 0 amide bonds. The molecule has 1 aliphatic heterocycles. The summed E-state index contributed by atoms with van der Waals surface area (Å²) in [4.78, 5) is 6.65. The predicted molar refractivity (Wildman–Crippen MR) is 69.0 cm³/mol. The normalized spacial score (nSPS) is 21.3. The van der Waals surface area contributed by atoms with Gasteiger partial charge in [0.2, 0.25) is 0 Å². The van der Waals surface area contributed by atoms with Crippen molar-refractivity contribution in [1.29, 1.82) is 0 Å². The Morgan fingerprint density at radius 1 is 1.61 bits per heavy atom. The van der Waals surface area contributed by atoms with E-state index in [4.69, 9.17) is 10.3 Å². The van der Waals surface area contributed by atoms with Crippen LogP contribution in [0.25, 0.3) is 11.5 Å². The van der Waals surface area contributed by atoms with E-state index in [1.54, 1.807) is 6.20 Å². The van der Waals surface area contributed by atoms with Gasteiger partial charge in [-0.2, -0.15) is 21.8 Å². The minimum absolute atomic E-state index is 0.203. The van der Waals surface area contributed by atoms with E-state index in [1.807, 2.05) is 11.8 Å². The van der Waals surface area contributed by atoms with E-state index in [0.717, 1.165) is 18.1 Å². The van der Waals surface area contributed by atoms with Crippen LogP contribution in [0, 0.1) is 0 Å².